The molecule has 6 rings (SSSR count). The molecule has 2 N–H and O–H groups in total. The fraction of sp³-hybridized carbons (Fsp3) is 0.591. The number of aromatic nitrogens is 4. The van der Waals surface area contributed by atoms with Gasteiger partial charge in [-0.3, -0.25) is 9.30 Å². The van der Waals surface area contributed by atoms with Gasteiger partial charge in [0, 0.05) is 37.9 Å². The van der Waals surface area contributed by atoms with Crippen molar-refractivity contribution in [1.82, 2.24) is 29.2 Å². The zero-order valence-corrected chi connectivity index (χ0v) is 21.7. The lowest BCUT2D eigenvalue weighted by atomic mass is 10.0. The number of hydrogen-bond acceptors (Lipinski definition) is 10. The summed E-state index contributed by atoms with van der Waals surface area (Å²) in [6.45, 7) is 4.94. The van der Waals surface area contributed by atoms with Crippen molar-refractivity contribution in [2.45, 2.75) is 48.8 Å². The van der Waals surface area contributed by atoms with Crippen LogP contribution < -0.4 is 9.62 Å². The number of alkyl halides is 2. The maximum atomic E-state index is 13.4. The number of ether oxygens (including phenoxy) is 1. The van der Waals surface area contributed by atoms with Gasteiger partial charge < -0.3 is 14.7 Å². The summed E-state index contributed by atoms with van der Waals surface area (Å²) in [5.74, 6) is 0.239. The van der Waals surface area contributed by atoms with Crippen LogP contribution in [0.5, 0.6) is 0 Å². The van der Waals surface area contributed by atoms with Crippen LogP contribution in [0, 0.1) is 0 Å². The van der Waals surface area contributed by atoms with Crippen LogP contribution in [0.2, 0.25) is 0 Å². The van der Waals surface area contributed by atoms with Gasteiger partial charge in [-0.1, -0.05) is 11.3 Å². The molecule has 2 atom stereocenters. The number of piperazine rings is 1. The van der Waals surface area contributed by atoms with Crippen LogP contribution in [0.25, 0.3) is 16.3 Å². The molecule has 2 saturated heterocycles. The van der Waals surface area contributed by atoms with Crippen LogP contribution in [0.1, 0.15) is 31.2 Å². The molecular formula is C22H27F2N7O4S2. The summed E-state index contributed by atoms with van der Waals surface area (Å²) in [5.41, 5.74) is 0.783. The third-order valence-corrected chi connectivity index (χ3v) is 9.83. The van der Waals surface area contributed by atoms with E-state index >= 15 is 0 Å². The number of nitrogens with zero attached hydrogens (tertiary/aromatic N) is 6. The minimum Gasteiger partial charge on any atom is -0.394 e. The summed E-state index contributed by atoms with van der Waals surface area (Å²) in [6, 6.07) is 1.57. The quantitative estimate of drug-likeness (QED) is 0.446. The van der Waals surface area contributed by atoms with E-state index < -0.39 is 27.0 Å². The van der Waals surface area contributed by atoms with E-state index in [9.17, 15) is 22.3 Å². The molecule has 0 unspecified atom stereocenters. The number of anilines is 1. The normalized spacial score (nSPS) is 24.1. The second-order valence-corrected chi connectivity index (χ2v) is 12.6. The van der Waals surface area contributed by atoms with Gasteiger partial charge in [0.1, 0.15) is 4.90 Å². The van der Waals surface area contributed by atoms with Crippen LogP contribution in [-0.4, -0.2) is 95.1 Å². The third kappa shape index (κ3) is 4.61. The van der Waals surface area contributed by atoms with E-state index in [0.29, 0.717) is 30.9 Å². The number of rotatable bonds is 7. The van der Waals surface area contributed by atoms with E-state index in [1.807, 2.05) is 6.92 Å². The van der Waals surface area contributed by atoms with Gasteiger partial charge in [0.2, 0.25) is 10.0 Å². The Hall–Kier alpha value is -2.30. The average Bonchev–Trinajstić information content (AvgIpc) is 3.25. The Balaban J connectivity index is 1.45. The molecular weight excluding hydrogens is 528 g/mol. The van der Waals surface area contributed by atoms with Gasteiger partial charge in [0.15, 0.2) is 15.8 Å². The summed E-state index contributed by atoms with van der Waals surface area (Å²) in [6.07, 6.45) is 1.45. The van der Waals surface area contributed by atoms with Crippen molar-refractivity contribution in [2.75, 3.05) is 44.3 Å². The van der Waals surface area contributed by atoms with Gasteiger partial charge in [-0.2, -0.15) is 0 Å². The Morgan fingerprint density at radius 2 is 2.11 bits per heavy atom. The van der Waals surface area contributed by atoms with Crippen LogP contribution >= 0.6 is 11.3 Å². The first-order chi connectivity index (χ1) is 17.7. The standard InChI is InChI=1S/C22H27F2N7O4S2/c1-22(2-3-22)28-37(33,34)13-8-14(30-5-4-29-6-7-35-17(12-32)16(29)11-30)15-9-25-19(31(15)10-13)21-27-26-20(36-21)18(23)24/h8-10,16-18,28,32H,2-7,11-12H2,1H3/t16-,17+/m1/s1. The topological polar surface area (TPSA) is 125 Å². The lowest BCUT2D eigenvalue weighted by Gasteiger charge is -2.47. The Morgan fingerprint density at radius 1 is 1.30 bits per heavy atom. The molecule has 15 heteroatoms. The predicted octanol–water partition coefficient (Wildman–Crippen LogP) is 1.50. The van der Waals surface area contributed by atoms with Gasteiger partial charge in [-0.15, -0.1) is 10.2 Å². The molecule has 3 aromatic heterocycles. The van der Waals surface area contributed by atoms with E-state index in [2.05, 4.69) is 29.7 Å². The Labute approximate surface area is 216 Å². The van der Waals surface area contributed by atoms with Crippen molar-refractivity contribution in [3.63, 3.8) is 0 Å². The number of halogens is 2. The largest absolute Gasteiger partial charge is 0.394 e. The van der Waals surface area contributed by atoms with Crippen LogP contribution in [-0.2, 0) is 14.8 Å². The van der Waals surface area contributed by atoms with Crippen molar-refractivity contribution in [3.8, 4) is 10.8 Å². The first-order valence-electron chi connectivity index (χ1n) is 12.1. The van der Waals surface area contributed by atoms with Crippen molar-refractivity contribution >= 4 is 32.6 Å². The molecule has 0 amide bonds. The molecule has 200 valence electrons. The molecule has 5 heterocycles. The fourth-order valence-corrected chi connectivity index (χ4v) is 7.18. The van der Waals surface area contributed by atoms with Crippen molar-refractivity contribution in [3.05, 3.63) is 23.5 Å². The highest BCUT2D eigenvalue weighted by Gasteiger charge is 2.42. The zero-order valence-electron chi connectivity index (χ0n) is 20.0. The van der Waals surface area contributed by atoms with Gasteiger partial charge in [-0.05, 0) is 25.8 Å². The Kier molecular flexibility index (Phi) is 6.19. The van der Waals surface area contributed by atoms with Crippen molar-refractivity contribution < 1.29 is 27.0 Å². The summed E-state index contributed by atoms with van der Waals surface area (Å²) in [5, 5.41) is 17.0. The number of fused-ring (bicyclic) bond motifs is 2. The van der Waals surface area contributed by atoms with E-state index in [4.69, 9.17) is 4.74 Å². The van der Waals surface area contributed by atoms with E-state index in [1.165, 1.54) is 6.20 Å². The van der Waals surface area contributed by atoms with E-state index in [1.54, 1.807) is 16.7 Å². The van der Waals surface area contributed by atoms with E-state index in [-0.39, 0.29) is 34.5 Å². The first kappa shape index (κ1) is 25.0. The number of aliphatic hydroxyl groups excluding tert-OH is 1. The lowest BCUT2D eigenvalue weighted by molar-refractivity contribution is -0.0934. The summed E-state index contributed by atoms with van der Waals surface area (Å²) in [4.78, 5) is 8.82. The maximum Gasteiger partial charge on any atom is 0.291 e. The van der Waals surface area contributed by atoms with Gasteiger partial charge in [-0.25, -0.2) is 26.9 Å². The molecule has 37 heavy (non-hydrogen) atoms. The number of hydrogen-bond donors (Lipinski definition) is 2. The number of aliphatic hydroxyl groups is 1. The smallest absolute Gasteiger partial charge is 0.291 e. The van der Waals surface area contributed by atoms with Crippen molar-refractivity contribution in [1.29, 1.82) is 0 Å². The second kappa shape index (κ2) is 9.17. The second-order valence-electron chi connectivity index (χ2n) is 9.95. The molecule has 1 saturated carbocycles. The SMILES string of the molecule is CC1(NS(=O)(=O)c2cc(N3CCN4CCO[C@@H](CO)[C@H]4C3)c3cnc(-c4nnc(C(F)F)s4)n3c2)CC1. The minimum atomic E-state index is -3.88. The van der Waals surface area contributed by atoms with Gasteiger partial charge >= 0.3 is 0 Å². The number of imidazole rings is 1. The summed E-state index contributed by atoms with van der Waals surface area (Å²) < 4.78 is 63.3. The molecule has 0 spiro atoms. The molecule has 0 radical (unpaired) electrons. The van der Waals surface area contributed by atoms with Crippen LogP contribution in [0.4, 0.5) is 14.5 Å². The molecule has 11 nitrogen and oxygen atoms in total. The summed E-state index contributed by atoms with van der Waals surface area (Å²) in [7, 11) is -3.88. The molecule has 0 aromatic carbocycles. The third-order valence-electron chi connectivity index (χ3n) is 7.30. The van der Waals surface area contributed by atoms with Gasteiger partial charge in [0.25, 0.3) is 6.43 Å². The Bertz CT molecular complexity index is 1420. The monoisotopic (exact) mass is 555 g/mol. The number of pyridine rings is 1. The maximum absolute atomic E-state index is 13.4. The predicted molar refractivity (Wildman–Crippen MR) is 131 cm³/mol. The number of morpholine rings is 1. The highest BCUT2D eigenvalue weighted by molar-refractivity contribution is 7.89. The lowest BCUT2D eigenvalue weighted by Crippen LogP contribution is -2.62. The molecule has 3 aromatic rings. The molecule has 3 aliphatic rings. The molecule has 1 aliphatic carbocycles. The molecule has 2 aliphatic heterocycles. The minimum absolute atomic E-state index is 0.0435. The highest BCUT2D eigenvalue weighted by atomic mass is 32.2. The summed E-state index contributed by atoms with van der Waals surface area (Å²) >= 11 is 0.721. The number of sulfonamides is 1. The highest BCUT2D eigenvalue weighted by Crippen LogP contribution is 2.38. The molecule has 0 bridgehead atoms. The van der Waals surface area contributed by atoms with Crippen LogP contribution in [0.15, 0.2) is 23.4 Å². The zero-order chi connectivity index (χ0) is 25.9. The average molecular weight is 556 g/mol. The number of nitrogens with one attached hydrogen (secondary N) is 1. The van der Waals surface area contributed by atoms with E-state index in [0.717, 1.165) is 37.3 Å². The Morgan fingerprint density at radius 3 is 2.81 bits per heavy atom. The first-order valence-corrected chi connectivity index (χ1v) is 14.4. The van der Waals surface area contributed by atoms with Crippen LogP contribution in [0.3, 0.4) is 0 Å². The fourth-order valence-electron chi connectivity index (χ4n) is 5.00. The van der Waals surface area contributed by atoms with Gasteiger partial charge in [0.05, 0.1) is 42.8 Å². The molecule has 3 fully saturated rings. The van der Waals surface area contributed by atoms with Crippen molar-refractivity contribution in [2.24, 2.45) is 0 Å².